The van der Waals surface area contributed by atoms with E-state index in [0.717, 1.165) is 27.9 Å². The largest absolute Gasteiger partial charge is 0.457 e. The molecule has 0 bridgehead atoms. The molecule has 3 aliphatic rings. The van der Waals surface area contributed by atoms with E-state index in [9.17, 15) is 9.59 Å². The molecule has 196 valence electrons. The van der Waals surface area contributed by atoms with Gasteiger partial charge in [0, 0.05) is 28.8 Å². The molecule has 4 heterocycles. The van der Waals surface area contributed by atoms with Gasteiger partial charge in [-0.15, -0.1) is 11.3 Å². The Morgan fingerprint density at radius 1 is 1.39 bits per heavy atom. The average Bonchev–Trinajstić information content (AvgIpc) is 3.35. The number of fused-ring (bicyclic) bond motifs is 1. The summed E-state index contributed by atoms with van der Waals surface area (Å²) in [5, 5.41) is 2.09. The lowest BCUT2D eigenvalue weighted by atomic mass is 9.79. The molecular formula is C26H37N3O4S2Si. The van der Waals surface area contributed by atoms with Gasteiger partial charge in [0.1, 0.15) is 12.3 Å². The molecule has 1 saturated heterocycles. The van der Waals surface area contributed by atoms with Crippen molar-refractivity contribution in [1.82, 2.24) is 14.8 Å². The highest BCUT2D eigenvalue weighted by Crippen LogP contribution is 2.53. The van der Waals surface area contributed by atoms with E-state index < -0.39 is 14.3 Å². The van der Waals surface area contributed by atoms with Crippen LogP contribution in [-0.2, 0) is 18.8 Å². The first-order valence-electron chi connectivity index (χ1n) is 12.5. The fraction of sp³-hybridized carbons (Fsp3) is 0.577. The topological polar surface area (TPSA) is 72.0 Å². The van der Waals surface area contributed by atoms with Gasteiger partial charge < -0.3 is 14.1 Å². The Hall–Kier alpha value is -1.72. The van der Waals surface area contributed by atoms with Crippen molar-refractivity contribution >= 4 is 48.9 Å². The normalized spacial score (nSPS) is 27.5. The summed E-state index contributed by atoms with van der Waals surface area (Å²) in [7, 11) is 0.306. The number of β-lactam (4-membered cyclic amide) rings is 1. The second-order valence-electron chi connectivity index (χ2n) is 10.9. The molecule has 36 heavy (non-hydrogen) atoms. The first kappa shape index (κ1) is 27.3. The monoisotopic (exact) mass is 547 g/mol. The number of thiazole rings is 1. The van der Waals surface area contributed by atoms with Gasteiger partial charge in [0.05, 0.1) is 23.8 Å². The maximum atomic E-state index is 13.3. The first-order chi connectivity index (χ1) is 16.9. The number of likely N-dealkylation sites (N-methyl/N-ethyl adjacent to an activating group) is 1. The van der Waals surface area contributed by atoms with E-state index in [0.29, 0.717) is 11.7 Å². The van der Waals surface area contributed by atoms with Crippen molar-refractivity contribution in [3.63, 3.8) is 0 Å². The van der Waals surface area contributed by atoms with E-state index in [4.69, 9.17) is 14.1 Å². The van der Waals surface area contributed by atoms with Crippen LogP contribution in [0.3, 0.4) is 0 Å². The van der Waals surface area contributed by atoms with Gasteiger partial charge in [0.2, 0.25) is 5.91 Å². The molecule has 0 saturated carbocycles. The lowest BCUT2D eigenvalue weighted by molar-refractivity contribution is -0.163. The third kappa shape index (κ3) is 5.29. The first-order valence-corrected chi connectivity index (χ1v) is 17.6. The Balaban J connectivity index is 1.60. The number of carbonyl (C=O) groups is 2. The minimum Gasteiger partial charge on any atom is -0.457 e. The zero-order chi connectivity index (χ0) is 26.4. The standard InChI is InChI=1S/C26H37N3O4S2Si/c1-9-12-32-25(31)22-23(16(3)21-20(24(30)29(21)22)17(4)33-36(6,7)8)35-26-27-19(14-34-26)18-10-11-28(5)15(2)13-18/h9-10,14-17,20-21H,1,11-13H2,2-8H3/t15-,16+,17+,20+,21+/m0/s1. The second kappa shape index (κ2) is 10.6. The van der Waals surface area contributed by atoms with Gasteiger partial charge in [0.15, 0.2) is 12.7 Å². The summed E-state index contributed by atoms with van der Waals surface area (Å²) >= 11 is 3.07. The predicted octanol–water partition coefficient (Wildman–Crippen LogP) is 5.00. The van der Waals surface area contributed by atoms with Gasteiger partial charge in [-0.05, 0) is 52.5 Å². The predicted molar refractivity (Wildman–Crippen MR) is 148 cm³/mol. The van der Waals surface area contributed by atoms with Gasteiger partial charge >= 0.3 is 5.97 Å². The summed E-state index contributed by atoms with van der Waals surface area (Å²) < 4.78 is 12.6. The maximum absolute atomic E-state index is 13.3. The van der Waals surface area contributed by atoms with Crippen LogP contribution in [0.5, 0.6) is 0 Å². The lowest BCUT2D eigenvalue weighted by Gasteiger charge is -2.48. The maximum Gasteiger partial charge on any atom is 0.356 e. The van der Waals surface area contributed by atoms with Crippen LogP contribution in [0.15, 0.2) is 39.1 Å². The Morgan fingerprint density at radius 3 is 2.75 bits per heavy atom. The smallest absolute Gasteiger partial charge is 0.356 e. The van der Waals surface area contributed by atoms with Crippen LogP contribution in [-0.4, -0.2) is 73.4 Å². The number of thioether (sulfide) groups is 1. The molecule has 1 aromatic heterocycles. The Morgan fingerprint density at radius 2 is 2.11 bits per heavy atom. The summed E-state index contributed by atoms with van der Waals surface area (Å²) in [6, 6.07) is 0.354. The minimum atomic E-state index is -1.83. The quantitative estimate of drug-likeness (QED) is 0.186. The fourth-order valence-corrected chi connectivity index (χ4v) is 8.59. The van der Waals surface area contributed by atoms with Crippen LogP contribution in [0.25, 0.3) is 5.57 Å². The van der Waals surface area contributed by atoms with Crippen molar-refractivity contribution in [2.75, 3.05) is 20.2 Å². The highest BCUT2D eigenvalue weighted by atomic mass is 32.2. The van der Waals surface area contributed by atoms with Crippen LogP contribution in [0, 0.1) is 11.8 Å². The second-order valence-corrected chi connectivity index (χ2v) is 17.5. The van der Waals surface area contributed by atoms with Crippen LogP contribution < -0.4 is 0 Å². The van der Waals surface area contributed by atoms with Crippen LogP contribution >= 0.6 is 23.1 Å². The molecule has 1 aromatic rings. The summed E-state index contributed by atoms with van der Waals surface area (Å²) in [6.45, 7) is 17.3. The Bertz CT molecular complexity index is 1110. The molecule has 4 rings (SSSR count). The van der Waals surface area contributed by atoms with Crippen molar-refractivity contribution in [2.45, 2.75) is 69.4 Å². The number of nitrogens with zero attached hydrogens (tertiary/aromatic N) is 3. The van der Waals surface area contributed by atoms with Crippen molar-refractivity contribution in [1.29, 1.82) is 0 Å². The number of hydrogen-bond donors (Lipinski definition) is 0. The number of ether oxygens (including phenoxy) is 1. The van der Waals surface area contributed by atoms with E-state index in [1.807, 2.05) is 6.92 Å². The third-order valence-electron chi connectivity index (χ3n) is 7.06. The van der Waals surface area contributed by atoms with E-state index in [1.54, 1.807) is 16.2 Å². The van der Waals surface area contributed by atoms with Crippen molar-refractivity contribution in [3.05, 3.63) is 40.4 Å². The summed E-state index contributed by atoms with van der Waals surface area (Å²) in [5.41, 5.74) is 2.61. The van der Waals surface area contributed by atoms with Crippen LogP contribution in [0.1, 0.15) is 32.9 Å². The molecule has 0 N–H and O–H groups in total. The highest BCUT2D eigenvalue weighted by Gasteiger charge is 2.61. The zero-order valence-electron chi connectivity index (χ0n) is 22.2. The molecule has 0 radical (unpaired) electrons. The molecule has 5 atom stereocenters. The van der Waals surface area contributed by atoms with Gasteiger partial charge in [-0.2, -0.15) is 0 Å². The molecule has 0 aromatic carbocycles. The van der Waals surface area contributed by atoms with Gasteiger partial charge in [0.25, 0.3) is 0 Å². The van der Waals surface area contributed by atoms with Crippen molar-refractivity contribution in [2.24, 2.45) is 11.8 Å². The fourth-order valence-electron chi connectivity index (χ4n) is 5.21. The van der Waals surface area contributed by atoms with E-state index in [1.165, 1.54) is 23.4 Å². The van der Waals surface area contributed by atoms with Gasteiger partial charge in [-0.3, -0.25) is 9.69 Å². The van der Waals surface area contributed by atoms with E-state index >= 15 is 0 Å². The number of amides is 1. The molecule has 7 nitrogen and oxygen atoms in total. The molecule has 0 spiro atoms. The SMILES string of the molecule is C=CCOC(=O)C1=C(Sc2nc(C3=CCN(C)[C@@H](C)C3)cs2)[C@H](C)[C@@H]2[C@@H]([C@@H](C)O[Si](C)(C)C)C(=O)N12. The number of carbonyl (C=O) groups excluding carboxylic acids is 2. The highest BCUT2D eigenvalue weighted by molar-refractivity contribution is 8.04. The number of aromatic nitrogens is 1. The van der Waals surface area contributed by atoms with Crippen molar-refractivity contribution in [3.8, 4) is 0 Å². The molecule has 10 heteroatoms. The van der Waals surface area contributed by atoms with Crippen LogP contribution in [0.2, 0.25) is 19.6 Å². The van der Waals surface area contributed by atoms with Gasteiger partial charge in [-0.25, -0.2) is 9.78 Å². The Labute approximate surface area is 223 Å². The zero-order valence-corrected chi connectivity index (χ0v) is 24.9. The number of esters is 1. The third-order valence-corrected chi connectivity index (χ3v) is 10.4. The molecule has 1 fully saturated rings. The molecule has 0 aliphatic carbocycles. The van der Waals surface area contributed by atoms with E-state index in [-0.39, 0.29) is 36.5 Å². The van der Waals surface area contributed by atoms with Gasteiger partial charge in [-0.1, -0.05) is 37.4 Å². The minimum absolute atomic E-state index is 0.0217. The summed E-state index contributed by atoms with van der Waals surface area (Å²) in [4.78, 5) is 36.2. The molecule has 0 unspecified atom stereocenters. The average molecular weight is 548 g/mol. The van der Waals surface area contributed by atoms with E-state index in [2.05, 4.69) is 63.5 Å². The van der Waals surface area contributed by atoms with Crippen molar-refractivity contribution < 1.29 is 18.8 Å². The lowest BCUT2D eigenvalue weighted by Crippen LogP contribution is -2.64. The molecular weight excluding hydrogens is 511 g/mol. The summed E-state index contributed by atoms with van der Waals surface area (Å²) in [6.07, 6.45) is 4.54. The molecule has 3 aliphatic heterocycles. The number of hydrogen-bond acceptors (Lipinski definition) is 8. The Kier molecular flexibility index (Phi) is 8.02. The molecule has 1 amide bonds. The van der Waals surface area contributed by atoms with Crippen LogP contribution in [0.4, 0.5) is 0 Å². The summed E-state index contributed by atoms with van der Waals surface area (Å²) in [5.74, 6) is -0.846. The number of rotatable bonds is 9.